The Labute approximate surface area is 142 Å². The first kappa shape index (κ1) is 16.4. The molecule has 0 radical (unpaired) electrons. The van der Waals surface area contributed by atoms with Crippen LogP contribution in [-0.4, -0.2) is 19.1 Å². The second-order valence-electron chi connectivity index (χ2n) is 6.35. The molecular weight excluding hydrogens is 302 g/mol. The molecule has 1 atom stereocenters. The molecule has 0 unspecified atom stereocenters. The lowest BCUT2D eigenvalue weighted by atomic mass is 9.95. The number of amides is 1. The molecule has 0 spiro atoms. The van der Waals surface area contributed by atoms with E-state index in [1.165, 1.54) is 0 Å². The van der Waals surface area contributed by atoms with Crippen LogP contribution in [0, 0.1) is 5.92 Å². The summed E-state index contributed by atoms with van der Waals surface area (Å²) in [6.45, 7) is 5.34. The van der Waals surface area contributed by atoms with Gasteiger partial charge in [0.05, 0.1) is 12.5 Å². The van der Waals surface area contributed by atoms with Gasteiger partial charge in [0.2, 0.25) is 5.91 Å². The molecule has 0 aliphatic carbocycles. The molecule has 3 rings (SSSR count). The summed E-state index contributed by atoms with van der Waals surface area (Å²) in [5, 5.41) is 3.15. The molecule has 1 aliphatic rings. The van der Waals surface area contributed by atoms with Gasteiger partial charge in [-0.25, -0.2) is 0 Å². The number of ether oxygens (including phenoxy) is 2. The van der Waals surface area contributed by atoms with Gasteiger partial charge in [-0.1, -0.05) is 50.2 Å². The molecule has 24 heavy (non-hydrogen) atoms. The zero-order valence-corrected chi connectivity index (χ0v) is 14.1. The van der Waals surface area contributed by atoms with E-state index in [1.807, 2.05) is 48.5 Å². The predicted octanol–water partition coefficient (Wildman–Crippen LogP) is 3.51. The van der Waals surface area contributed by atoms with Crippen molar-refractivity contribution >= 4 is 5.91 Å². The van der Waals surface area contributed by atoms with E-state index in [2.05, 4.69) is 19.2 Å². The fourth-order valence-electron chi connectivity index (χ4n) is 2.89. The molecule has 1 heterocycles. The highest BCUT2D eigenvalue weighted by Crippen LogP contribution is 2.34. The molecule has 126 valence electrons. The smallest absolute Gasteiger partial charge is 0.224 e. The normalized spacial score (nSPS) is 14.3. The molecular formula is C20H23NO3. The maximum absolute atomic E-state index is 12.4. The quantitative estimate of drug-likeness (QED) is 0.915. The standard InChI is InChI=1S/C20H23NO3/c1-14(2)20(21-19(22)12-15-6-4-3-5-7-15)16-8-9-17-18(13-16)24-11-10-23-17/h3-9,13-14,20H,10-12H2,1-2H3,(H,21,22)/t20-/m0/s1. The van der Waals surface area contributed by atoms with E-state index in [0.29, 0.717) is 19.6 Å². The Morgan fingerprint density at radius 1 is 1.04 bits per heavy atom. The third-order valence-corrected chi connectivity index (χ3v) is 4.12. The molecule has 1 aliphatic heterocycles. The summed E-state index contributed by atoms with van der Waals surface area (Å²) in [6, 6.07) is 15.6. The van der Waals surface area contributed by atoms with Gasteiger partial charge in [-0.3, -0.25) is 4.79 Å². The average molecular weight is 325 g/mol. The number of carbonyl (C=O) groups is 1. The molecule has 0 fully saturated rings. The Morgan fingerprint density at radius 2 is 1.75 bits per heavy atom. The van der Waals surface area contributed by atoms with Crippen LogP contribution < -0.4 is 14.8 Å². The minimum atomic E-state index is -0.0583. The Morgan fingerprint density at radius 3 is 2.46 bits per heavy atom. The summed E-state index contributed by atoms with van der Waals surface area (Å²) < 4.78 is 11.2. The molecule has 4 heteroatoms. The van der Waals surface area contributed by atoms with Gasteiger partial charge in [-0.05, 0) is 29.2 Å². The fraction of sp³-hybridized carbons (Fsp3) is 0.350. The van der Waals surface area contributed by atoms with Crippen molar-refractivity contribution in [2.75, 3.05) is 13.2 Å². The molecule has 4 nitrogen and oxygen atoms in total. The first-order valence-electron chi connectivity index (χ1n) is 8.36. The monoisotopic (exact) mass is 325 g/mol. The van der Waals surface area contributed by atoms with Crippen molar-refractivity contribution in [3.63, 3.8) is 0 Å². The molecule has 1 amide bonds. The molecule has 0 saturated heterocycles. The lowest BCUT2D eigenvalue weighted by Gasteiger charge is -2.25. The average Bonchev–Trinajstić information content (AvgIpc) is 2.60. The van der Waals surface area contributed by atoms with Gasteiger partial charge < -0.3 is 14.8 Å². The van der Waals surface area contributed by atoms with Crippen molar-refractivity contribution in [2.24, 2.45) is 5.92 Å². The van der Waals surface area contributed by atoms with E-state index in [-0.39, 0.29) is 17.9 Å². The van der Waals surface area contributed by atoms with E-state index in [0.717, 1.165) is 22.6 Å². The van der Waals surface area contributed by atoms with Crippen molar-refractivity contribution in [1.29, 1.82) is 0 Å². The first-order valence-corrected chi connectivity index (χ1v) is 8.36. The summed E-state index contributed by atoms with van der Waals surface area (Å²) >= 11 is 0. The number of fused-ring (bicyclic) bond motifs is 1. The third-order valence-electron chi connectivity index (χ3n) is 4.12. The predicted molar refractivity (Wildman–Crippen MR) is 93.3 cm³/mol. The molecule has 0 aromatic heterocycles. The van der Waals surface area contributed by atoms with Crippen LogP contribution in [-0.2, 0) is 11.2 Å². The minimum absolute atomic E-state index is 0.0230. The summed E-state index contributed by atoms with van der Waals surface area (Å²) in [6.07, 6.45) is 0.384. The first-order chi connectivity index (χ1) is 11.6. The summed E-state index contributed by atoms with van der Waals surface area (Å²) in [7, 11) is 0. The zero-order valence-electron chi connectivity index (χ0n) is 14.1. The van der Waals surface area contributed by atoms with Gasteiger partial charge >= 0.3 is 0 Å². The summed E-state index contributed by atoms with van der Waals surface area (Å²) in [5.41, 5.74) is 2.05. The highest BCUT2D eigenvalue weighted by molar-refractivity contribution is 5.79. The van der Waals surface area contributed by atoms with Gasteiger partial charge in [-0.2, -0.15) is 0 Å². The van der Waals surface area contributed by atoms with Crippen LogP contribution in [0.2, 0.25) is 0 Å². The van der Waals surface area contributed by atoms with Gasteiger partial charge in [0, 0.05) is 0 Å². The van der Waals surface area contributed by atoms with Crippen molar-refractivity contribution in [3.05, 3.63) is 59.7 Å². The third kappa shape index (κ3) is 3.88. The van der Waals surface area contributed by atoms with Crippen molar-refractivity contribution in [3.8, 4) is 11.5 Å². The van der Waals surface area contributed by atoms with E-state index >= 15 is 0 Å². The Hall–Kier alpha value is -2.49. The molecule has 2 aromatic rings. The number of hydrogen-bond donors (Lipinski definition) is 1. The number of hydrogen-bond acceptors (Lipinski definition) is 3. The maximum Gasteiger partial charge on any atom is 0.224 e. The van der Waals surface area contributed by atoms with Crippen LogP contribution in [0.3, 0.4) is 0 Å². The topological polar surface area (TPSA) is 47.6 Å². The Bertz CT molecular complexity index is 697. The zero-order chi connectivity index (χ0) is 16.9. The van der Waals surface area contributed by atoms with Gasteiger partial charge in [0.25, 0.3) is 0 Å². The van der Waals surface area contributed by atoms with Gasteiger partial charge in [0.1, 0.15) is 13.2 Å². The number of rotatable bonds is 5. The van der Waals surface area contributed by atoms with Crippen LogP contribution in [0.5, 0.6) is 11.5 Å². The second kappa shape index (κ2) is 7.39. The van der Waals surface area contributed by atoms with Crippen LogP contribution >= 0.6 is 0 Å². The lowest BCUT2D eigenvalue weighted by molar-refractivity contribution is -0.121. The van der Waals surface area contributed by atoms with Gasteiger partial charge in [-0.15, -0.1) is 0 Å². The lowest BCUT2D eigenvalue weighted by Crippen LogP contribution is -2.33. The Kier molecular flexibility index (Phi) is 5.04. The number of carbonyl (C=O) groups excluding carboxylic acids is 1. The SMILES string of the molecule is CC(C)[C@H](NC(=O)Cc1ccccc1)c1ccc2c(c1)OCCO2. The molecule has 2 aromatic carbocycles. The number of nitrogens with one attached hydrogen (secondary N) is 1. The van der Waals surface area contributed by atoms with E-state index < -0.39 is 0 Å². The largest absolute Gasteiger partial charge is 0.486 e. The highest BCUT2D eigenvalue weighted by Gasteiger charge is 2.21. The van der Waals surface area contributed by atoms with Gasteiger partial charge in [0.15, 0.2) is 11.5 Å². The second-order valence-corrected chi connectivity index (χ2v) is 6.35. The Balaban J connectivity index is 1.74. The molecule has 0 bridgehead atoms. The van der Waals surface area contributed by atoms with E-state index in [1.54, 1.807) is 0 Å². The van der Waals surface area contributed by atoms with Crippen LogP contribution in [0.1, 0.15) is 31.0 Å². The van der Waals surface area contributed by atoms with Crippen molar-refractivity contribution < 1.29 is 14.3 Å². The minimum Gasteiger partial charge on any atom is -0.486 e. The van der Waals surface area contributed by atoms with E-state index in [9.17, 15) is 4.79 Å². The molecule has 1 N–H and O–H groups in total. The van der Waals surface area contributed by atoms with Crippen molar-refractivity contribution in [2.45, 2.75) is 26.3 Å². The fourth-order valence-corrected chi connectivity index (χ4v) is 2.89. The highest BCUT2D eigenvalue weighted by atomic mass is 16.6. The molecule has 0 saturated carbocycles. The maximum atomic E-state index is 12.4. The summed E-state index contributed by atoms with van der Waals surface area (Å²) in [5.74, 6) is 1.81. The van der Waals surface area contributed by atoms with Crippen LogP contribution in [0.15, 0.2) is 48.5 Å². The van der Waals surface area contributed by atoms with Crippen LogP contribution in [0.25, 0.3) is 0 Å². The summed E-state index contributed by atoms with van der Waals surface area (Å²) in [4.78, 5) is 12.4. The van der Waals surface area contributed by atoms with E-state index in [4.69, 9.17) is 9.47 Å². The van der Waals surface area contributed by atoms with Crippen molar-refractivity contribution in [1.82, 2.24) is 5.32 Å². The number of benzene rings is 2. The van der Waals surface area contributed by atoms with Crippen LogP contribution in [0.4, 0.5) is 0 Å².